The van der Waals surface area contributed by atoms with E-state index in [-0.39, 0.29) is 0 Å². The van der Waals surface area contributed by atoms with Crippen LogP contribution in [0.25, 0.3) is 0 Å². The highest BCUT2D eigenvalue weighted by atomic mass is 16.6. The average molecular weight is 181 g/mol. The summed E-state index contributed by atoms with van der Waals surface area (Å²) in [6.45, 7) is -0.856. The van der Waals surface area contributed by atoms with Crippen molar-refractivity contribution in [3.8, 4) is 5.75 Å². The summed E-state index contributed by atoms with van der Waals surface area (Å²) >= 11 is 0. The second-order valence-electron chi connectivity index (χ2n) is 2.28. The Balaban J connectivity index is 2.74. The summed E-state index contributed by atoms with van der Waals surface area (Å²) in [6.07, 6.45) is 0. The van der Waals surface area contributed by atoms with Gasteiger partial charge >= 0.3 is 5.97 Å². The largest absolute Gasteiger partial charge is 0.497 e. The fraction of sp³-hybridized carbons (Fsp3) is 0.222. The number of hydrogen-bond acceptors (Lipinski definition) is 3. The zero-order valence-corrected chi connectivity index (χ0v) is 7.15. The minimum absolute atomic E-state index is 0.344. The molecule has 0 aliphatic rings. The van der Waals surface area contributed by atoms with Crippen molar-refractivity contribution in [2.75, 3.05) is 13.9 Å². The second-order valence-corrected chi connectivity index (χ2v) is 2.28. The van der Waals surface area contributed by atoms with E-state index in [2.05, 4.69) is 4.74 Å². The molecular formula is C9H9O4. The molecule has 1 aromatic carbocycles. The van der Waals surface area contributed by atoms with Crippen LogP contribution in [-0.2, 0) is 9.84 Å². The van der Waals surface area contributed by atoms with Crippen LogP contribution in [0.15, 0.2) is 24.3 Å². The average Bonchev–Trinajstić information content (AvgIpc) is 2.18. The van der Waals surface area contributed by atoms with E-state index < -0.39 is 12.8 Å². The number of ether oxygens (including phenoxy) is 2. The van der Waals surface area contributed by atoms with Gasteiger partial charge in [-0.1, -0.05) is 0 Å². The highest BCUT2D eigenvalue weighted by molar-refractivity contribution is 5.89. The van der Waals surface area contributed by atoms with Gasteiger partial charge in [0.05, 0.1) is 12.7 Å². The fourth-order valence-electron chi connectivity index (χ4n) is 0.864. The van der Waals surface area contributed by atoms with Crippen molar-refractivity contribution >= 4 is 5.97 Å². The van der Waals surface area contributed by atoms with E-state index in [1.165, 1.54) is 19.2 Å². The number of hydrogen-bond donors (Lipinski definition) is 0. The van der Waals surface area contributed by atoms with E-state index in [1.807, 2.05) is 0 Å². The maximum atomic E-state index is 11.0. The minimum Gasteiger partial charge on any atom is -0.497 e. The van der Waals surface area contributed by atoms with Gasteiger partial charge in [-0.25, -0.2) is 4.79 Å². The lowest BCUT2D eigenvalue weighted by Gasteiger charge is -2.01. The lowest BCUT2D eigenvalue weighted by molar-refractivity contribution is -0.0215. The van der Waals surface area contributed by atoms with Gasteiger partial charge in [-0.3, -0.25) is 0 Å². The zero-order valence-electron chi connectivity index (χ0n) is 7.15. The van der Waals surface area contributed by atoms with Gasteiger partial charge in [-0.15, -0.1) is 0 Å². The maximum absolute atomic E-state index is 11.0. The molecular weight excluding hydrogens is 172 g/mol. The van der Waals surface area contributed by atoms with E-state index in [0.717, 1.165) is 0 Å². The molecule has 0 N–H and O–H groups in total. The van der Waals surface area contributed by atoms with Crippen LogP contribution < -0.4 is 4.74 Å². The molecule has 0 amide bonds. The molecule has 4 nitrogen and oxygen atoms in total. The van der Waals surface area contributed by atoms with Crippen LogP contribution in [0, 0.1) is 0 Å². The third kappa shape index (κ3) is 2.45. The van der Waals surface area contributed by atoms with Crippen molar-refractivity contribution in [3.05, 3.63) is 29.8 Å². The van der Waals surface area contributed by atoms with Crippen molar-refractivity contribution in [1.82, 2.24) is 0 Å². The molecule has 0 spiro atoms. The predicted molar refractivity (Wildman–Crippen MR) is 44.0 cm³/mol. The zero-order chi connectivity index (χ0) is 9.68. The third-order valence-electron chi connectivity index (χ3n) is 1.52. The van der Waals surface area contributed by atoms with E-state index >= 15 is 0 Å². The molecule has 0 aromatic heterocycles. The van der Waals surface area contributed by atoms with E-state index in [1.54, 1.807) is 12.1 Å². The number of carbonyl (C=O) groups excluding carboxylic acids is 1. The Morgan fingerprint density at radius 1 is 1.31 bits per heavy atom. The van der Waals surface area contributed by atoms with Gasteiger partial charge in [0.15, 0.2) is 0 Å². The Morgan fingerprint density at radius 2 is 1.92 bits per heavy atom. The molecule has 69 valence electrons. The molecule has 0 unspecified atom stereocenters. The lowest BCUT2D eigenvalue weighted by Crippen LogP contribution is -2.04. The first-order valence-corrected chi connectivity index (χ1v) is 3.67. The van der Waals surface area contributed by atoms with E-state index in [4.69, 9.17) is 4.74 Å². The highest BCUT2D eigenvalue weighted by Gasteiger charge is 2.05. The molecule has 13 heavy (non-hydrogen) atoms. The summed E-state index contributed by atoms with van der Waals surface area (Å²) in [5.41, 5.74) is 0.344. The van der Waals surface area contributed by atoms with Crippen LogP contribution in [0.1, 0.15) is 10.4 Å². The summed E-state index contributed by atoms with van der Waals surface area (Å²) in [5.74, 6) is 0.0383. The van der Waals surface area contributed by atoms with Crippen molar-refractivity contribution in [2.24, 2.45) is 0 Å². The first kappa shape index (κ1) is 9.54. The summed E-state index contributed by atoms with van der Waals surface area (Å²) in [6, 6.07) is 6.33. The van der Waals surface area contributed by atoms with Gasteiger partial charge in [0, 0.05) is 0 Å². The number of esters is 1. The monoisotopic (exact) mass is 181 g/mol. The first-order valence-electron chi connectivity index (χ1n) is 3.67. The SMILES string of the molecule is COc1ccc(C(=O)OC[O])cc1. The normalized spacial score (nSPS) is 9.38. The molecule has 0 aliphatic carbocycles. The van der Waals surface area contributed by atoms with Crippen LogP contribution in [-0.4, -0.2) is 19.9 Å². The lowest BCUT2D eigenvalue weighted by atomic mass is 10.2. The smallest absolute Gasteiger partial charge is 0.340 e. The molecule has 1 rings (SSSR count). The van der Waals surface area contributed by atoms with Crippen LogP contribution in [0.4, 0.5) is 0 Å². The second kappa shape index (κ2) is 4.47. The summed E-state index contributed by atoms with van der Waals surface area (Å²) in [7, 11) is 1.53. The molecule has 0 atom stereocenters. The highest BCUT2D eigenvalue weighted by Crippen LogP contribution is 2.11. The Kier molecular flexibility index (Phi) is 3.28. The number of methoxy groups -OCH3 is 1. The number of benzene rings is 1. The van der Waals surface area contributed by atoms with Crippen LogP contribution >= 0.6 is 0 Å². The Labute approximate surface area is 75.7 Å². The standard InChI is InChI=1S/C9H9O4/c1-12-8-4-2-7(3-5-8)9(11)13-6-10/h2-5H,6H2,1H3. The molecule has 0 saturated heterocycles. The third-order valence-corrected chi connectivity index (χ3v) is 1.52. The molecule has 4 heteroatoms. The topological polar surface area (TPSA) is 55.4 Å². The van der Waals surface area contributed by atoms with Gasteiger partial charge in [0.1, 0.15) is 5.75 Å². The molecule has 0 saturated carbocycles. The molecule has 0 heterocycles. The molecule has 0 bridgehead atoms. The van der Waals surface area contributed by atoms with E-state index in [9.17, 15) is 9.90 Å². The Hall–Kier alpha value is -1.55. The maximum Gasteiger partial charge on any atom is 0.340 e. The first-order chi connectivity index (χ1) is 6.27. The van der Waals surface area contributed by atoms with Gasteiger partial charge < -0.3 is 9.47 Å². The Bertz CT molecular complexity index is 278. The summed E-state index contributed by atoms with van der Waals surface area (Å²) in [4.78, 5) is 11.0. The number of rotatable bonds is 3. The van der Waals surface area contributed by atoms with Gasteiger partial charge in [-0.05, 0) is 24.3 Å². The quantitative estimate of drug-likeness (QED) is 0.520. The van der Waals surface area contributed by atoms with E-state index in [0.29, 0.717) is 11.3 Å². The molecule has 1 aromatic rings. The number of carbonyl (C=O) groups is 1. The minimum atomic E-state index is -0.856. The predicted octanol–water partition coefficient (Wildman–Crippen LogP) is 1.24. The van der Waals surface area contributed by atoms with Gasteiger partial charge in [-0.2, -0.15) is 5.11 Å². The van der Waals surface area contributed by atoms with Crippen molar-refractivity contribution in [2.45, 2.75) is 0 Å². The molecule has 0 fully saturated rings. The van der Waals surface area contributed by atoms with Crippen LogP contribution in [0.5, 0.6) is 5.75 Å². The van der Waals surface area contributed by atoms with Crippen LogP contribution in [0.3, 0.4) is 0 Å². The molecule has 1 radical (unpaired) electrons. The summed E-state index contributed by atoms with van der Waals surface area (Å²) in [5, 5.41) is 9.97. The van der Waals surface area contributed by atoms with Gasteiger partial charge in [0.2, 0.25) is 6.79 Å². The fourth-order valence-corrected chi connectivity index (χ4v) is 0.864. The summed E-state index contributed by atoms with van der Waals surface area (Å²) < 4.78 is 9.16. The van der Waals surface area contributed by atoms with Crippen molar-refractivity contribution in [1.29, 1.82) is 0 Å². The Morgan fingerprint density at radius 3 is 2.38 bits per heavy atom. The van der Waals surface area contributed by atoms with Crippen molar-refractivity contribution < 1.29 is 19.4 Å². The van der Waals surface area contributed by atoms with Crippen LogP contribution in [0.2, 0.25) is 0 Å². The van der Waals surface area contributed by atoms with Crippen molar-refractivity contribution in [3.63, 3.8) is 0 Å². The van der Waals surface area contributed by atoms with Gasteiger partial charge in [0.25, 0.3) is 0 Å². The molecule has 0 aliphatic heterocycles.